The van der Waals surface area contributed by atoms with E-state index in [0.29, 0.717) is 13.0 Å². The summed E-state index contributed by atoms with van der Waals surface area (Å²) in [6.07, 6.45) is 0.471. The number of halogens is 3. The zero-order valence-corrected chi connectivity index (χ0v) is 11.3. The molecule has 2 rings (SSSR count). The molecule has 0 spiro atoms. The summed E-state index contributed by atoms with van der Waals surface area (Å²) >= 11 is 5.61. The van der Waals surface area contributed by atoms with Crippen molar-refractivity contribution in [2.75, 3.05) is 6.54 Å². The lowest BCUT2D eigenvalue weighted by molar-refractivity contribution is 0.0950. The lowest BCUT2D eigenvalue weighted by Crippen LogP contribution is -2.26. The third-order valence-electron chi connectivity index (χ3n) is 2.76. The van der Waals surface area contributed by atoms with Crippen molar-refractivity contribution in [2.24, 2.45) is 0 Å². The van der Waals surface area contributed by atoms with Crippen LogP contribution in [0.4, 0.5) is 8.78 Å². The van der Waals surface area contributed by atoms with Crippen molar-refractivity contribution in [2.45, 2.75) is 6.42 Å². The highest BCUT2D eigenvalue weighted by Gasteiger charge is 2.11. The van der Waals surface area contributed by atoms with E-state index in [-0.39, 0.29) is 16.4 Å². The number of hydrogen-bond donors (Lipinski definition) is 1. The van der Waals surface area contributed by atoms with E-state index in [2.05, 4.69) is 5.32 Å². The Hall–Kier alpha value is -1.94. The Morgan fingerprint density at radius 2 is 1.95 bits per heavy atom. The Bertz CT molecular complexity index is 631. The maximum Gasteiger partial charge on any atom is 0.254 e. The molecule has 0 bridgehead atoms. The van der Waals surface area contributed by atoms with Gasteiger partial charge in [-0.2, -0.15) is 0 Å². The van der Waals surface area contributed by atoms with E-state index in [9.17, 15) is 13.6 Å². The van der Waals surface area contributed by atoms with Crippen LogP contribution in [0, 0.1) is 11.6 Å². The summed E-state index contributed by atoms with van der Waals surface area (Å²) in [4.78, 5) is 11.8. The van der Waals surface area contributed by atoms with Crippen LogP contribution in [0.25, 0.3) is 0 Å². The summed E-state index contributed by atoms with van der Waals surface area (Å²) < 4.78 is 26.5. The Kier molecular flexibility index (Phi) is 4.69. The minimum Gasteiger partial charge on any atom is -0.352 e. The van der Waals surface area contributed by atoms with Crippen LogP contribution in [0.15, 0.2) is 42.5 Å². The first-order valence-electron chi connectivity index (χ1n) is 6.04. The summed E-state index contributed by atoms with van der Waals surface area (Å²) in [7, 11) is 0. The van der Waals surface area contributed by atoms with Crippen molar-refractivity contribution in [3.63, 3.8) is 0 Å². The summed E-state index contributed by atoms with van der Waals surface area (Å²) in [6, 6.07) is 9.98. The van der Waals surface area contributed by atoms with Crippen LogP contribution in [0.3, 0.4) is 0 Å². The van der Waals surface area contributed by atoms with Crippen LogP contribution < -0.4 is 5.32 Å². The zero-order valence-electron chi connectivity index (χ0n) is 10.5. The van der Waals surface area contributed by atoms with Gasteiger partial charge in [0.15, 0.2) is 0 Å². The standard InChI is InChI=1S/C15H12ClF2NO/c16-11-4-5-13(14(18)9-11)15(20)19-7-6-10-2-1-3-12(17)8-10/h1-5,8-9H,6-7H2,(H,19,20). The second kappa shape index (κ2) is 6.48. The van der Waals surface area contributed by atoms with Gasteiger partial charge in [0.05, 0.1) is 5.56 Å². The van der Waals surface area contributed by atoms with Crippen molar-refractivity contribution in [3.8, 4) is 0 Å². The number of amides is 1. The molecule has 0 unspecified atom stereocenters. The molecule has 0 aromatic heterocycles. The van der Waals surface area contributed by atoms with Crippen molar-refractivity contribution in [3.05, 3.63) is 70.2 Å². The first-order chi connectivity index (χ1) is 9.56. The number of carbonyl (C=O) groups excluding carboxylic acids is 1. The smallest absolute Gasteiger partial charge is 0.254 e. The Labute approximate surface area is 120 Å². The highest BCUT2D eigenvalue weighted by atomic mass is 35.5. The van der Waals surface area contributed by atoms with E-state index in [1.54, 1.807) is 12.1 Å². The summed E-state index contributed by atoms with van der Waals surface area (Å²) in [6.45, 7) is 0.296. The summed E-state index contributed by atoms with van der Waals surface area (Å²) in [5.41, 5.74) is 0.704. The monoisotopic (exact) mass is 295 g/mol. The van der Waals surface area contributed by atoms with Gasteiger partial charge in [0.2, 0.25) is 0 Å². The third kappa shape index (κ3) is 3.78. The predicted octanol–water partition coefficient (Wildman–Crippen LogP) is 3.59. The molecule has 0 radical (unpaired) electrons. The van der Waals surface area contributed by atoms with Crippen LogP contribution in [-0.2, 0) is 6.42 Å². The van der Waals surface area contributed by atoms with Gasteiger partial charge in [0, 0.05) is 11.6 Å². The van der Waals surface area contributed by atoms with Crippen LogP contribution in [-0.4, -0.2) is 12.5 Å². The molecule has 0 heterocycles. The van der Waals surface area contributed by atoms with Gasteiger partial charge in [-0.15, -0.1) is 0 Å². The van der Waals surface area contributed by atoms with Gasteiger partial charge in [0.1, 0.15) is 11.6 Å². The number of hydrogen-bond acceptors (Lipinski definition) is 1. The minimum atomic E-state index is -0.666. The van der Waals surface area contributed by atoms with Gasteiger partial charge in [-0.1, -0.05) is 23.7 Å². The molecule has 0 aliphatic rings. The number of benzene rings is 2. The second-order valence-corrected chi connectivity index (χ2v) is 4.70. The predicted molar refractivity (Wildman–Crippen MR) is 73.8 cm³/mol. The molecule has 0 fully saturated rings. The second-order valence-electron chi connectivity index (χ2n) is 4.26. The van der Waals surface area contributed by atoms with Crippen molar-refractivity contribution in [1.29, 1.82) is 0 Å². The third-order valence-corrected chi connectivity index (χ3v) is 3.00. The normalized spacial score (nSPS) is 10.3. The van der Waals surface area contributed by atoms with Gasteiger partial charge in [-0.25, -0.2) is 8.78 Å². The molecule has 0 aliphatic carbocycles. The molecule has 20 heavy (non-hydrogen) atoms. The van der Waals surface area contributed by atoms with Gasteiger partial charge in [0.25, 0.3) is 5.91 Å². The quantitative estimate of drug-likeness (QED) is 0.917. The maximum atomic E-state index is 13.5. The molecule has 104 valence electrons. The highest BCUT2D eigenvalue weighted by Crippen LogP contribution is 2.14. The van der Waals surface area contributed by atoms with Gasteiger partial charge in [-0.05, 0) is 42.3 Å². The fourth-order valence-electron chi connectivity index (χ4n) is 1.78. The summed E-state index contributed by atoms with van der Waals surface area (Å²) in [5, 5.41) is 2.82. The van der Waals surface area contributed by atoms with E-state index >= 15 is 0 Å². The zero-order chi connectivity index (χ0) is 14.5. The SMILES string of the molecule is O=C(NCCc1cccc(F)c1)c1ccc(Cl)cc1F. The minimum absolute atomic E-state index is 0.0614. The fourth-order valence-corrected chi connectivity index (χ4v) is 1.94. The molecule has 0 saturated heterocycles. The largest absolute Gasteiger partial charge is 0.352 e. The fraction of sp³-hybridized carbons (Fsp3) is 0.133. The van der Waals surface area contributed by atoms with Crippen molar-refractivity contribution >= 4 is 17.5 Å². The van der Waals surface area contributed by atoms with Gasteiger partial charge >= 0.3 is 0 Å². The van der Waals surface area contributed by atoms with Crippen LogP contribution >= 0.6 is 11.6 Å². The Morgan fingerprint density at radius 1 is 1.15 bits per heavy atom. The van der Waals surface area contributed by atoms with E-state index in [4.69, 9.17) is 11.6 Å². The molecular formula is C15H12ClF2NO. The van der Waals surface area contributed by atoms with Gasteiger partial charge < -0.3 is 5.32 Å². The molecule has 2 aromatic carbocycles. The first kappa shape index (κ1) is 14.5. The highest BCUT2D eigenvalue weighted by molar-refractivity contribution is 6.30. The van der Waals surface area contributed by atoms with Crippen LogP contribution in [0.5, 0.6) is 0 Å². The van der Waals surface area contributed by atoms with E-state index < -0.39 is 11.7 Å². The molecule has 1 amide bonds. The molecule has 0 aliphatic heterocycles. The lowest BCUT2D eigenvalue weighted by atomic mass is 10.1. The number of rotatable bonds is 4. The Morgan fingerprint density at radius 3 is 2.65 bits per heavy atom. The summed E-state index contributed by atoms with van der Waals surface area (Å²) in [5.74, 6) is -1.51. The van der Waals surface area contributed by atoms with Crippen LogP contribution in [0.1, 0.15) is 15.9 Å². The average molecular weight is 296 g/mol. The molecule has 1 N–H and O–H groups in total. The van der Waals surface area contributed by atoms with Crippen LogP contribution in [0.2, 0.25) is 5.02 Å². The topological polar surface area (TPSA) is 29.1 Å². The lowest BCUT2D eigenvalue weighted by Gasteiger charge is -2.06. The van der Waals surface area contributed by atoms with Gasteiger partial charge in [-0.3, -0.25) is 4.79 Å². The van der Waals surface area contributed by atoms with Crippen molar-refractivity contribution < 1.29 is 13.6 Å². The van der Waals surface area contributed by atoms with E-state index in [0.717, 1.165) is 11.6 Å². The molecule has 5 heteroatoms. The maximum absolute atomic E-state index is 13.5. The Balaban J connectivity index is 1.92. The molecule has 2 aromatic rings. The van der Waals surface area contributed by atoms with E-state index in [1.165, 1.54) is 24.3 Å². The van der Waals surface area contributed by atoms with E-state index in [1.807, 2.05) is 0 Å². The molecular weight excluding hydrogens is 284 g/mol. The molecule has 0 saturated carbocycles. The van der Waals surface area contributed by atoms with Crippen molar-refractivity contribution in [1.82, 2.24) is 5.32 Å². The number of carbonyl (C=O) groups is 1. The first-order valence-corrected chi connectivity index (χ1v) is 6.42. The molecule has 0 atom stereocenters. The average Bonchev–Trinajstić information content (AvgIpc) is 2.38. The number of nitrogens with one attached hydrogen (secondary N) is 1. The molecule has 2 nitrogen and oxygen atoms in total.